The van der Waals surface area contributed by atoms with E-state index in [1.54, 1.807) is 6.20 Å². The smallest absolute Gasteiger partial charge is 0.224 e. The molecule has 3 rings (SSSR count). The number of carbonyl (C=O) groups is 1. The first-order valence-corrected chi connectivity index (χ1v) is 9.23. The van der Waals surface area contributed by atoms with Crippen molar-refractivity contribution < 1.29 is 9.53 Å². The Morgan fingerprint density at radius 1 is 1.12 bits per heavy atom. The van der Waals surface area contributed by atoms with Crippen LogP contribution >= 0.6 is 15.9 Å². The molecular weight excluding hydrogens is 394 g/mol. The Hall–Kier alpha value is -2.60. The molecule has 0 radical (unpaired) electrons. The first-order chi connectivity index (χ1) is 12.7. The van der Waals surface area contributed by atoms with Gasteiger partial charge in [-0.15, -0.1) is 0 Å². The van der Waals surface area contributed by atoms with Crippen LogP contribution in [0.4, 0.5) is 5.69 Å². The van der Waals surface area contributed by atoms with E-state index in [1.807, 2.05) is 65.5 Å². The van der Waals surface area contributed by atoms with Crippen molar-refractivity contribution in [3.63, 3.8) is 0 Å². The number of anilines is 1. The molecule has 1 N–H and O–H groups in total. The molecule has 134 valence electrons. The summed E-state index contributed by atoms with van der Waals surface area (Å²) < 4.78 is 8.43. The van der Waals surface area contributed by atoms with E-state index in [4.69, 9.17) is 4.74 Å². The number of nitrogens with zero attached hydrogens (tertiary/aromatic N) is 2. The molecule has 0 bridgehead atoms. The van der Waals surface area contributed by atoms with E-state index >= 15 is 0 Å². The molecule has 0 aliphatic carbocycles. The normalized spacial score (nSPS) is 10.5. The molecule has 5 nitrogen and oxygen atoms in total. The molecule has 1 amide bonds. The van der Waals surface area contributed by atoms with Gasteiger partial charge in [0.15, 0.2) is 0 Å². The number of halogens is 1. The van der Waals surface area contributed by atoms with Crippen LogP contribution in [-0.4, -0.2) is 22.3 Å². The molecule has 6 heteroatoms. The van der Waals surface area contributed by atoms with Gasteiger partial charge < -0.3 is 10.1 Å². The van der Waals surface area contributed by atoms with Gasteiger partial charge in [-0.1, -0.05) is 46.3 Å². The fourth-order valence-corrected chi connectivity index (χ4v) is 2.73. The van der Waals surface area contributed by atoms with Crippen molar-refractivity contribution in [3.8, 4) is 5.75 Å². The Balaban J connectivity index is 1.39. The largest absolute Gasteiger partial charge is 0.494 e. The number of benzene rings is 2. The van der Waals surface area contributed by atoms with Gasteiger partial charge in [-0.3, -0.25) is 9.48 Å². The van der Waals surface area contributed by atoms with Crippen LogP contribution in [0.5, 0.6) is 5.75 Å². The maximum atomic E-state index is 12.0. The standard InChI is InChI=1S/C20H20BrN3O2/c21-17-8-10-19(11-9-17)26-12-4-7-20(25)23-18-13-22-24(15-18)14-16-5-2-1-3-6-16/h1-3,5-6,8-11,13,15H,4,7,12,14H2,(H,23,25). The molecule has 0 aliphatic heterocycles. The second-order valence-electron chi connectivity index (χ2n) is 5.87. The molecule has 0 saturated carbocycles. The van der Waals surface area contributed by atoms with Crippen molar-refractivity contribution >= 4 is 27.5 Å². The van der Waals surface area contributed by atoms with Gasteiger partial charge in [0.2, 0.25) is 5.91 Å². The van der Waals surface area contributed by atoms with Crippen molar-refractivity contribution in [2.24, 2.45) is 0 Å². The predicted molar refractivity (Wildman–Crippen MR) is 105 cm³/mol. The Bertz CT molecular complexity index is 832. The monoisotopic (exact) mass is 413 g/mol. The van der Waals surface area contributed by atoms with Crippen LogP contribution < -0.4 is 10.1 Å². The number of rotatable bonds is 8. The molecule has 1 aromatic heterocycles. The molecule has 2 aromatic carbocycles. The second kappa shape index (κ2) is 9.20. The zero-order valence-electron chi connectivity index (χ0n) is 14.3. The lowest BCUT2D eigenvalue weighted by molar-refractivity contribution is -0.116. The zero-order chi connectivity index (χ0) is 18.2. The Morgan fingerprint density at radius 3 is 2.65 bits per heavy atom. The van der Waals surface area contributed by atoms with Crippen LogP contribution in [-0.2, 0) is 11.3 Å². The molecule has 0 atom stereocenters. The fourth-order valence-electron chi connectivity index (χ4n) is 2.46. The van der Waals surface area contributed by atoms with Crippen LogP contribution in [0.3, 0.4) is 0 Å². The van der Waals surface area contributed by atoms with E-state index < -0.39 is 0 Å². The molecule has 0 fully saturated rings. The van der Waals surface area contributed by atoms with Crippen LogP contribution in [0.2, 0.25) is 0 Å². The maximum Gasteiger partial charge on any atom is 0.224 e. The Morgan fingerprint density at radius 2 is 1.88 bits per heavy atom. The number of amides is 1. The summed E-state index contributed by atoms with van der Waals surface area (Å²) in [6.07, 6.45) is 4.56. The summed E-state index contributed by atoms with van der Waals surface area (Å²) >= 11 is 3.38. The van der Waals surface area contributed by atoms with E-state index in [0.29, 0.717) is 31.7 Å². The molecule has 0 spiro atoms. The minimum Gasteiger partial charge on any atom is -0.494 e. The van der Waals surface area contributed by atoms with Gasteiger partial charge in [-0.05, 0) is 36.2 Å². The number of carbonyl (C=O) groups excluding carboxylic acids is 1. The molecule has 1 heterocycles. The minimum atomic E-state index is -0.0383. The Kier molecular flexibility index (Phi) is 6.44. The second-order valence-corrected chi connectivity index (χ2v) is 6.78. The van der Waals surface area contributed by atoms with Gasteiger partial charge in [-0.25, -0.2) is 0 Å². The quantitative estimate of drug-likeness (QED) is 0.553. The molecule has 0 saturated heterocycles. The zero-order valence-corrected chi connectivity index (χ0v) is 15.9. The van der Waals surface area contributed by atoms with E-state index in [2.05, 4.69) is 26.3 Å². The maximum absolute atomic E-state index is 12.0. The van der Waals surface area contributed by atoms with Gasteiger partial charge in [0.1, 0.15) is 5.75 Å². The van der Waals surface area contributed by atoms with Crippen LogP contribution in [0.1, 0.15) is 18.4 Å². The van der Waals surface area contributed by atoms with Gasteiger partial charge in [-0.2, -0.15) is 5.10 Å². The van der Waals surface area contributed by atoms with Crippen molar-refractivity contribution in [1.82, 2.24) is 9.78 Å². The summed E-state index contributed by atoms with van der Waals surface area (Å²) in [6, 6.07) is 17.7. The molecule has 0 aliphatic rings. The topological polar surface area (TPSA) is 56.1 Å². The van der Waals surface area contributed by atoms with Crippen LogP contribution in [0, 0.1) is 0 Å². The summed E-state index contributed by atoms with van der Waals surface area (Å²) in [5.41, 5.74) is 1.87. The van der Waals surface area contributed by atoms with Crippen LogP contribution in [0.25, 0.3) is 0 Å². The van der Waals surface area contributed by atoms with Gasteiger partial charge in [0.25, 0.3) is 0 Å². The average molecular weight is 414 g/mol. The highest BCUT2D eigenvalue weighted by Gasteiger charge is 2.05. The van der Waals surface area contributed by atoms with Crippen molar-refractivity contribution in [3.05, 3.63) is 77.0 Å². The summed E-state index contributed by atoms with van der Waals surface area (Å²) in [7, 11) is 0. The van der Waals surface area contributed by atoms with Crippen molar-refractivity contribution in [1.29, 1.82) is 0 Å². The highest BCUT2D eigenvalue weighted by Crippen LogP contribution is 2.16. The minimum absolute atomic E-state index is 0.0383. The predicted octanol–water partition coefficient (Wildman–Crippen LogP) is 4.49. The number of aromatic nitrogens is 2. The van der Waals surface area contributed by atoms with Gasteiger partial charge in [0.05, 0.1) is 25.0 Å². The molecule has 3 aromatic rings. The summed E-state index contributed by atoms with van der Waals surface area (Å²) in [5, 5.41) is 7.15. The molecular formula is C20H20BrN3O2. The number of nitrogens with one attached hydrogen (secondary N) is 1. The summed E-state index contributed by atoms with van der Waals surface area (Å²) in [4.78, 5) is 12.0. The highest BCUT2D eigenvalue weighted by molar-refractivity contribution is 9.10. The van der Waals surface area contributed by atoms with Crippen LogP contribution in [0.15, 0.2) is 71.5 Å². The lowest BCUT2D eigenvalue weighted by Crippen LogP contribution is -2.12. The van der Waals surface area contributed by atoms with Gasteiger partial charge in [0, 0.05) is 17.1 Å². The summed E-state index contributed by atoms with van der Waals surface area (Å²) in [5.74, 6) is 0.763. The third kappa shape index (κ3) is 5.74. The molecule has 0 unspecified atom stereocenters. The van der Waals surface area contributed by atoms with Crippen molar-refractivity contribution in [2.45, 2.75) is 19.4 Å². The molecule has 26 heavy (non-hydrogen) atoms. The third-order valence-corrected chi connectivity index (χ3v) is 4.26. The first kappa shape index (κ1) is 18.2. The summed E-state index contributed by atoms with van der Waals surface area (Å²) in [6.45, 7) is 1.18. The van der Waals surface area contributed by atoms with E-state index in [1.165, 1.54) is 5.56 Å². The lowest BCUT2D eigenvalue weighted by Gasteiger charge is -2.06. The van der Waals surface area contributed by atoms with E-state index in [9.17, 15) is 4.79 Å². The third-order valence-electron chi connectivity index (χ3n) is 3.73. The SMILES string of the molecule is O=C(CCCOc1ccc(Br)cc1)Nc1cnn(Cc2ccccc2)c1. The lowest BCUT2D eigenvalue weighted by atomic mass is 10.2. The number of hydrogen-bond donors (Lipinski definition) is 1. The highest BCUT2D eigenvalue weighted by atomic mass is 79.9. The average Bonchev–Trinajstić information content (AvgIpc) is 3.08. The number of hydrogen-bond acceptors (Lipinski definition) is 3. The fraction of sp³-hybridized carbons (Fsp3) is 0.200. The van der Waals surface area contributed by atoms with Crippen molar-refractivity contribution in [2.75, 3.05) is 11.9 Å². The van der Waals surface area contributed by atoms with E-state index in [-0.39, 0.29) is 5.91 Å². The number of ether oxygens (including phenoxy) is 1. The van der Waals surface area contributed by atoms with E-state index in [0.717, 1.165) is 10.2 Å². The van der Waals surface area contributed by atoms with Gasteiger partial charge >= 0.3 is 0 Å². The Labute approximate surface area is 161 Å². The first-order valence-electron chi connectivity index (χ1n) is 8.44.